The number of nitrogens with one attached hydrogen (secondary N) is 1. The summed E-state index contributed by atoms with van der Waals surface area (Å²) in [6.07, 6.45) is 0. The van der Waals surface area contributed by atoms with Crippen molar-refractivity contribution < 1.29 is 9.47 Å². The lowest BCUT2D eigenvalue weighted by atomic mass is 10.1. The van der Waals surface area contributed by atoms with Crippen molar-refractivity contribution >= 4 is 22.5 Å². The third-order valence-corrected chi connectivity index (χ3v) is 5.30. The average molecular weight is 366 g/mol. The molecule has 0 spiro atoms. The average Bonchev–Trinajstić information content (AvgIpc) is 2.66. The first-order valence-electron chi connectivity index (χ1n) is 7.98. The van der Waals surface area contributed by atoms with Gasteiger partial charge in [-0.1, -0.05) is 24.3 Å². The van der Waals surface area contributed by atoms with Crippen molar-refractivity contribution in [2.75, 3.05) is 14.2 Å². The van der Waals surface area contributed by atoms with Crippen LogP contribution in [0.25, 0.3) is 10.8 Å². The highest BCUT2D eigenvalue weighted by molar-refractivity contribution is 7.98. The largest absolute Gasteiger partial charge is 0.493 e. The zero-order chi connectivity index (χ0) is 18.7. The number of methoxy groups -OCH3 is 2. The number of fused-ring (bicyclic) bond motifs is 1. The molecule has 1 N–H and O–H groups in total. The van der Waals surface area contributed by atoms with Gasteiger partial charge in [-0.05, 0) is 30.2 Å². The zero-order valence-corrected chi connectivity index (χ0v) is 15.6. The summed E-state index contributed by atoms with van der Waals surface area (Å²) in [6, 6.07) is 13.6. The number of hydrogen-bond acceptors (Lipinski definition) is 5. The molecule has 0 saturated carbocycles. The van der Waals surface area contributed by atoms with Gasteiger partial charge in [-0.2, -0.15) is 5.26 Å². The molecule has 3 aromatic rings. The molecule has 1 heterocycles. The van der Waals surface area contributed by atoms with E-state index in [1.54, 1.807) is 19.2 Å². The van der Waals surface area contributed by atoms with Crippen molar-refractivity contribution in [2.24, 2.45) is 0 Å². The van der Waals surface area contributed by atoms with Crippen LogP contribution >= 0.6 is 11.8 Å². The second kappa shape index (κ2) is 7.54. The van der Waals surface area contributed by atoms with Crippen molar-refractivity contribution in [1.82, 2.24) is 4.98 Å². The maximum atomic E-state index is 12.4. The van der Waals surface area contributed by atoms with E-state index in [9.17, 15) is 10.1 Å². The molecule has 0 aliphatic heterocycles. The van der Waals surface area contributed by atoms with Crippen molar-refractivity contribution in [3.63, 3.8) is 0 Å². The summed E-state index contributed by atoms with van der Waals surface area (Å²) in [4.78, 5) is 15.2. The van der Waals surface area contributed by atoms with Gasteiger partial charge in [0, 0.05) is 16.5 Å². The van der Waals surface area contributed by atoms with Gasteiger partial charge in [-0.3, -0.25) is 4.79 Å². The fourth-order valence-corrected chi connectivity index (χ4v) is 3.89. The summed E-state index contributed by atoms with van der Waals surface area (Å²) in [5.74, 6) is 1.74. The Hall–Kier alpha value is -2.91. The van der Waals surface area contributed by atoms with Gasteiger partial charge < -0.3 is 14.5 Å². The highest BCUT2D eigenvalue weighted by Gasteiger charge is 2.16. The normalized spacial score (nSPS) is 10.5. The quantitative estimate of drug-likeness (QED) is 0.690. The molecule has 0 aliphatic rings. The van der Waals surface area contributed by atoms with Gasteiger partial charge in [0.25, 0.3) is 5.56 Å². The molecule has 6 heteroatoms. The second-order valence-corrected chi connectivity index (χ2v) is 6.72. The first-order chi connectivity index (χ1) is 12.6. The van der Waals surface area contributed by atoms with Gasteiger partial charge in [0.15, 0.2) is 11.5 Å². The third kappa shape index (κ3) is 3.26. The lowest BCUT2D eigenvalue weighted by molar-refractivity contribution is 0.356. The number of benzene rings is 2. The lowest BCUT2D eigenvalue weighted by Gasteiger charge is -2.13. The molecule has 2 aromatic carbocycles. The van der Waals surface area contributed by atoms with E-state index in [1.807, 2.05) is 18.2 Å². The van der Waals surface area contributed by atoms with Gasteiger partial charge in [0.1, 0.15) is 11.6 Å². The highest BCUT2D eigenvalue weighted by Crippen LogP contribution is 2.37. The number of nitriles is 1. The number of nitrogens with zero attached hydrogens (tertiary/aromatic N) is 1. The van der Waals surface area contributed by atoms with Crippen molar-refractivity contribution in [1.29, 1.82) is 5.26 Å². The van der Waals surface area contributed by atoms with Crippen LogP contribution in [0.3, 0.4) is 0 Å². The predicted octanol–water partition coefficient (Wildman–Crippen LogP) is 4.02. The topological polar surface area (TPSA) is 75.1 Å². The Morgan fingerprint density at radius 2 is 1.77 bits per heavy atom. The zero-order valence-electron chi connectivity index (χ0n) is 14.8. The summed E-state index contributed by atoms with van der Waals surface area (Å²) in [5.41, 5.74) is 2.05. The van der Waals surface area contributed by atoms with E-state index >= 15 is 0 Å². The van der Waals surface area contributed by atoms with Gasteiger partial charge >= 0.3 is 0 Å². The third-order valence-electron chi connectivity index (χ3n) is 4.24. The van der Waals surface area contributed by atoms with Crippen LogP contribution in [0, 0.1) is 18.3 Å². The maximum absolute atomic E-state index is 12.4. The van der Waals surface area contributed by atoms with Gasteiger partial charge in [-0.15, -0.1) is 11.8 Å². The molecule has 0 aliphatic carbocycles. The Bertz CT molecular complexity index is 1070. The predicted molar refractivity (Wildman–Crippen MR) is 103 cm³/mol. The molecule has 0 saturated heterocycles. The fraction of sp³-hybridized carbons (Fsp3) is 0.200. The number of H-pyrrole nitrogens is 1. The van der Waals surface area contributed by atoms with Gasteiger partial charge in [0.05, 0.1) is 19.2 Å². The molecular weight excluding hydrogens is 348 g/mol. The van der Waals surface area contributed by atoms with E-state index in [2.05, 4.69) is 24.0 Å². The molecule has 0 fully saturated rings. The van der Waals surface area contributed by atoms with Crippen LogP contribution in [-0.4, -0.2) is 19.2 Å². The molecular formula is C20H18N2O3S. The summed E-state index contributed by atoms with van der Waals surface area (Å²) in [5, 5.41) is 11.4. The standard InChI is InChI=1S/C20H18N2O3S/c1-12-6-4-5-7-13(12)11-26-20-15-9-18(25-3)17(24-2)8-14(15)16(10-21)19(23)22-20/h4-9H,11H2,1-3H3,(H,22,23). The summed E-state index contributed by atoms with van der Waals surface area (Å²) >= 11 is 1.52. The van der Waals surface area contributed by atoms with E-state index in [1.165, 1.54) is 30.0 Å². The molecule has 0 bridgehead atoms. The number of aromatic amines is 1. The Kier molecular flexibility index (Phi) is 5.19. The number of rotatable bonds is 5. The number of aromatic nitrogens is 1. The molecule has 1 aromatic heterocycles. The Morgan fingerprint density at radius 1 is 1.12 bits per heavy atom. The molecule has 0 unspecified atom stereocenters. The number of pyridine rings is 1. The minimum atomic E-state index is -0.403. The number of ether oxygens (including phenoxy) is 2. The lowest BCUT2D eigenvalue weighted by Crippen LogP contribution is -2.12. The van der Waals surface area contributed by atoms with Gasteiger partial charge in [-0.25, -0.2) is 0 Å². The Morgan fingerprint density at radius 3 is 2.38 bits per heavy atom. The van der Waals surface area contributed by atoms with Crippen LogP contribution in [0.4, 0.5) is 0 Å². The van der Waals surface area contributed by atoms with E-state index in [0.717, 1.165) is 5.39 Å². The van der Waals surface area contributed by atoms with E-state index in [4.69, 9.17) is 9.47 Å². The summed E-state index contributed by atoms with van der Waals surface area (Å²) in [6.45, 7) is 2.06. The van der Waals surface area contributed by atoms with Gasteiger partial charge in [0.2, 0.25) is 0 Å². The Labute approximate surface area is 155 Å². The molecule has 0 amide bonds. The number of thioether (sulfide) groups is 1. The van der Waals surface area contributed by atoms with Crippen molar-refractivity contribution in [2.45, 2.75) is 17.7 Å². The molecule has 3 rings (SSSR count). The first-order valence-corrected chi connectivity index (χ1v) is 8.97. The fourth-order valence-electron chi connectivity index (χ4n) is 2.78. The van der Waals surface area contributed by atoms with Crippen molar-refractivity contribution in [3.05, 3.63) is 63.4 Å². The van der Waals surface area contributed by atoms with Crippen LogP contribution < -0.4 is 15.0 Å². The smallest absolute Gasteiger partial charge is 0.267 e. The minimum Gasteiger partial charge on any atom is -0.493 e. The van der Waals surface area contributed by atoms with Crippen LogP contribution in [0.5, 0.6) is 11.5 Å². The number of aryl methyl sites for hydroxylation is 1. The van der Waals surface area contributed by atoms with Crippen LogP contribution in [0.2, 0.25) is 0 Å². The summed E-state index contributed by atoms with van der Waals surface area (Å²) in [7, 11) is 3.08. The molecule has 0 atom stereocenters. The Balaban J connectivity index is 2.14. The van der Waals surface area contributed by atoms with E-state index in [-0.39, 0.29) is 5.56 Å². The molecule has 26 heavy (non-hydrogen) atoms. The van der Waals surface area contributed by atoms with E-state index < -0.39 is 5.56 Å². The SMILES string of the molecule is COc1cc2c(SCc3ccccc3C)[nH]c(=O)c(C#N)c2cc1OC. The maximum Gasteiger partial charge on any atom is 0.267 e. The highest BCUT2D eigenvalue weighted by atomic mass is 32.2. The van der Waals surface area contributed by atoms with Crippen molar-refractivity contribution in [3.8, 4) is 17.6 Å². The monoisotopic (exact) mass is 366 g/mol. The van der Waals surface area contributed by atoms with Crippen LogP contribution in [0.1, 0.15) is 16.7 Å². The molecule has 5 nitrogen and oxygen atoms in total. The minimum absolute atomic E-state index is 0.0706. The van der Waals surface area contributed by atoms with Crippen LogP contribution in [0.15, 0.2) is 46.2 Å². The second-order valence-electron chi connectivity index (χ2n) is 5.74. The van der Waals surface area contributed by atoms with Crippen LogP contribution in [-0.2, 0) is 5.75 Å². The number of hydrogen-bond donors (Lipinski definition) is 1. The summed E-state index contributed by atoms with van der Waals surface area (Å²) < 4.78 is 10.7. The molecule has 0 radical (unpaired) electrons. The van der Waals surface area contributed by atoms with E-state index in [0.29, 0.717) is 27.7 Å². The molecule has 132 valence electrons. The first kappa shape index (κ1) is 17.9.